The van der Waals surface area contributed by atoms with Gasteiger partial charge in [0.15, 0.2) is 17.3 Å². The molecule has 0 aliphatic carbocycles. The average Bonchev–Trinajstić information content (AvgIpc) is 3.30. The van der Waals surface area contributed by atoms with Crippen LogP contribution in [0.2, 0.25) is 0 Å². The van der Waals surface area contributed by atoms with Crippen molar-refractivity contribution in [2.75, 3.05) is 19.0 Å². The second kappa shape index (κ2) is 10.2. The molecular formula is C25H27N3O5. The minimum absolute atomic E-state index is 0.0821. The molecule has 0 saturated carbocycles. The number of H-pyrrole nitrogens is 1. The highest BCUT2D eigenvalue weighted by atomic mass is 16.5. The number of aromatic nitrogens is 2. The molecule has 1 unspecified atom stereocenters. The van der Waals surface area contributed by atoms with Crippen LogP contribution < -0.4 is 14.8 Å². The Morgan fingerprint density at radius 1 is 1.18 bits per heavy atom. The van der Waals surface area contributed by atoms with Crippen LogP contribution >= 0.6 is 0 Å². The highest BCUT2D eigenvalue weighted by molar-refractivity contribution is 5.94. The van der Waals surface area contributed by atoms with Gasteiger partial charge in [-0.1, -0.05) is 37.6 Å². The lowest BCUT2D eigenvalue weighted by Gasteiger charge is -2.23. The number of fused-ring (bicyclic) bond motifs is 1. The molecule has 8 heteroatoms. The Balaban J connectivity index is 1.51. The summed E-state index contributed by atoms with van der Waals surface area (Å²) in [5.41, 5.74) is 3.08. The van der Waals surface area contributed by atoms with Crippen molar-refractivity contribution in [2.45, 2.75) is 38.7 Å². The quantitative estimate of drug-likeness (QED) is 0.370. The number of hydrogen-bond donors (Lipinski definition) is 2. The summed E-state index contributed by atoms with van der Waals surface area (Å²) in [4.78, 5) is 24.6. The number of methoxy groups -OCH3 is 1. The van der Waals surface area contributed by atoms with Crippen molar-refractivity contribution in [3.8, 4) is 11.5 Å². The standard InChI is InChI=1S/C25H27N3O5/c1-3-4-11-32-25(30)18-8-6-5-7-17(18)15-33-21-10-9-16(12-22(21)31-2)19-13-23(29)27-24-20(19)14-26-28-24/h5-10,12,14,19H,3-4,11,13,15H2,1-2H3,(H2,26,27,28,29). The van der Waals surface area contributed by atoms with Crippen molar-refractivity contribution in [3.05, 3.63) is 70.9 Å². The molecule has 1 aromatic heterocycles. The van der Waals surface area contributed by atoms with Gasteiger partial charge in [0.1, 0.15) is 6.61 Å². The third-order valence-corrected chi connectivity index (χ3v) is 5.63. The third kappa shape index (κ3) is 5.00. The van der Waals surface area contributed by atoms with Crippen LogP contribution in [0.5, 0.6) is 11.5 Å². The lowest BCUT2D eigenvalue weighted by atomic mass is 9.87. The van der Waals surface area contributed by atoms with E-state index in [1.807, 2.05) is 37.3 Å². The number of carbonyl (C=O) groups is 2. The molecule has 1 amide bonds. The first-order valence-electron chi connectivity index (χ1n) is 11.0. The summed E-state index contributed by atoms with van der Waals surface area (Å²) in [5, 5.41) is 9.69. The molecule has 1 aliphatic rings. The zero-order chi connectivity index (χ0) is 23.2. The zero-order valence-electron chi connectivity index (χ0n) is 18.7. The number of hydrogen-bond acceptors (Lipinski definition) is 6. The van der Waals surface area contributed by atoms with E-state index in [4.69, 9.17) is 14.2 Å². The Morgan fingerprint density at radius 2 is 2.03 bits per heavy atom. The monoisotopic (exact) mass is 449 g/mol. The predicted octanol–water partition coefficient (Wildman–Crippen LogP) is 4.43. The summed E-state index contributed by atoms with van der Waals surface area (Å²) in [5.74, 6) is 1.08. The Kier molecular flexibility index (Phi) is 6.92. The average molecular weight is 450 g/mol. The van der Waals surface area contributed by atoms with Crippen LogP contribution in [0.25, 0.3) is 0 Å². The lowest BCUT2D eigenvalue weighted by Crippen LogP contribution is -2.23. The molecule has 0 spiro atoms. The lowest BCUT2D eigenvalue weighted by molar-refractivity contribution is -0.116. The fourth-order valence-electron chi connectivity index (χ4n) is 3.85. The van der Waals surface area contributed by atoms with Gasteiger partial charge in [-0.25, -0.2) is 4.79 Å². The van der Waals surface area contributed by atoms with Gasteiger partial charge in [-0.15, -0.1) is 0 Å². The maximum atomic E-state index is 12.5. The van der Waals surface area contributed by atoms with Gasteiger partial charge in [-0.2, -0.15) is 5.10 Å². The van der Waals surface area contributed by atoms with Gasteiger partial charge in [-0.05, 0) is 30.2 Å². The normalized spacial score (nSPS) is 14.8. The highest BCUT2D eigenvalue weighted by Crippen LogP contribution is 2.39. The molecule has 0 bridgehead atoms. The van der Waals surface area contributed by atoms with E-state index in [2.05, 4.69) is 15.5 Å². The predicted molar refractivity (Wildman–Crippen MR) is 123 cm³/mol. The molecule has 8 nitrogen and oxygen atoms in total. The Labute approximate surface area is 192 Å². The van der Waals surface area contributed by atoms with E-state index in [1.54, 1.807) is 25.4 Å². The van der Waals surface area contributed by atoms with E-state index in [-0.39, 0.29) is 24.4 Å². The van der Waals surface area contributed by atoms with E-state index in [1.165, 1.54) is 0 Å². The van der Waals surface area contributed by atoms with Crippen LogP contribution in [0.1, 0.15) is 59.2 Å². The summed E-state index contributed by atoms with van der Waals surface area (Å²) in [7, 11) is 1.57. The van der Waals surface area contributed by atoms with Crippen molar-refractivity contribution >= 4 is 17.7 Å². The second-order valence-electron chi connectivity index (χ2n) is 7.84. The zero-order valence-corrected chi connectivity index (χ0v) is 18.7. The molecule has 2 aromatic carbocycles. The summed E-state index contributed by atoms with van der Waals surface area (Å²) >= 11 is 0. The van der Waals surface area contributed by atoms with Crippen LogP contribution in [0, 0.1) is 0 Å². The smallest absolute Gasteiger partial charge is 0.338 e. The van der Waals surface area contributed by atoms with Crippen molar-refractivity contribution in [2.24, 2.45) is 0 Å². The first-order valence-corrected chi connectivity index (χ1v) is 11.0. The fraction of sp³-hybridized carbons (Fsp3) is 0.320. The molecule has 0 fully saturated rings. The van der Waals surface area contributed by atoms with Crippen LogP contribution in [0.3, 0.4) is 0 Å². The van der Waals surface area contributed by atoms with E-state index in [9.17, 15) is 9.59 Å². The third-order valence-electron chi connectivity index (χ3n) is 5.63. The summed E-state index contributed by atoms with van der Waals surface area (Å²) in [6.07, 6.45) is 3.91. The number of nitrogens with one attached hydrogen (secondary N) is 2. The van der Waals surface area contributed by atoms with Gasteiger partial charge < -0.3 is 19.5 Å². The number of aromatic amines is 1. The minimum Gasteiger partial charge on any atom is -0.493 e. The van der Waals surface area contributed by atoms with Gasteiger partial charge in [0.05, 0.1) is 19.3 Å². The van der Waals surface area contributed by atoms with Crippen LogP contribution in [0.15, 0.2) is 48.7 Å². The Hall–Kier alpha value is -3.81. The van der Waals surface area contributed by atoms with Crippen molar-refractivity contribution in [1.29, 1.82) is 0 Å². The van der Waals surface area contributed by atoms with Gasteiger partial charge in [0.25, 0.3) is 0 Å². The number of esters is 1. The van der Waals surface area contributed by atoms with Crippen LogP contribution in [0.4, 0.5) is 5.82 Å². The maximum Gasteiger partial charge on any atom is 0.338 e. The summed E-state index contributed by atoms with van der Waals surface area (Å²) in [6.45, 7) is 2.63. The van der Waals surface area contributed by atoms with E-state index in [0.29, 0.717) is 35.9 Å². The van der Waals surface area contributed by atoms with Crippen LogP contribution in [-0.2, 0) is 16.1 Å². The summed E-state index contributed by atoms with van der Waals surface area (Å²) in [6, 6.07) is 12.9. The molecule has 172 valence electrons. The minimum atomic E-state index is -0.351. The molecule has 3 aromatic rings. The largest absolute Gasteiger partial charge is 0.493 e. The first kappa shape index (κ1) is 22.4. The van der Waals surface area contributed by atoms with Gasteiger partial charge >= 0.3 is 5.97 Å². The summed E-state index contributed by atoms with van der Waals surface area (Å²) < 4.78 is 16.9. The maximum absolute atomic E-state index is 12.5. The van der Waals surface area contributed by atoms with Crippen molar-refractivity contribution < 1.29 is 23.8 Å². The number of rotatable bonds is 9. The highest BCUT2D eigenvalue weighted by Gasteiger charge is 2.29. The SMILES string of the molecule is CCCCOC(=O)c1ccccc1COc1ccc(C2CC(=O)Nc3n[nH]cc32)cc1OC. The second-order valence-corrected chi connectivity index (χ2v) is 7.84. The Morgan fingerprint density at radius 3 is 2.85 bits per heavy atom. The molecule has 2 N–H and O–H groups in total. The number of unbranched alkanes of at least 4 members (excludes halogenated alkanes) is 1. The topological polar surface area (TPSA) is 103 Å². The molecule has 1 aliphatic heterocycles. The molecule has 4 rings (SSSR count). The number of nitrogens with zero attached hydrogens (tertiary/aromatic N) is 1. The molecule has 1 atom stereocenters. The Bertz CT molecular complexity index is 1140. The van der Waals surface area contributed by atoms with Crippen molar-refractivity contribution in [1.82, 2.24) is 10.2 Å². The number of benzene rings is 2. The number of carbonyl (C=O) groups excluding carboxylic acids is 2. The molecule has 0 radical (unpaired) electrons. The number of amides is 1. The van der Waals surface area contributed by atoms with Gasteiger partial charge in [0.2, 0.25) is 5.91 Å². The van der Waals surface area contributed by atoms with E-state index >= 15 is 0 Å². The van der Waals surface area contributed by atoms with E-state index in [0.717, 1.165) is 29.5 Å². The van der Waals surface area contributed by atoms with Crippen LogP contribution in [-0.4, -0.2) is 35.8 Å². The molecule has 33 heavy (non-hydrogen) atoms. The number of anilines is 1. The van der Waals surface area contributed by atoms with E-state index < -0.39 is 0 Å². The molecule has 2 heterocycles. The number of ether oxygens (including phenoxy) is 3. The first-order chi connectivity index (χ1) is 16.1. The molecular weight excluding hydrogens is 422 g/mol. The van der Waals surface area contributed by atoms with Crippen molar-refractivity contribution in [3.63, 3.8) is 0 Å². The van der Waals surface area contributed by atoms with Gasteiger partial charge in [-0.3, -0.25) is 9.89 Å². The molecule has 0 saturated heterocycles. The van der Waals surface area contributed by atoms with Gasteiger partial charge in [0, 0.05) is 29.7 Å². The fourth-order valence-corrected chi connectivity index (χ4v) is 3.85.